The highest BCUT2D eigenvalue weighted by atomic mass is 35.5. The van der Waals surface area contributed by atoms with E-state index >= 15 is 0 Å². The molecule has 0 aliphatic heterocycles. The monoisotopic (exact) mass is 362 g/mol. The summed E-state index contributed by atoms with van der Waals surface area (Å²) in [6, 6.07) is 12.1. The lowest BCUT2D eigenvalue weighted by Gasteiger charge is -2.31. The number of carbonyl (C=O) groups is 1. The predicted molar refractivity (Wildman–Crippen MR) is 104 cm³/mol. The van der Waals surface area contributed by atoms with E-state index in [-0.39, 0.29) is 24.4 Å². The normalized spacial score (nSPS) is 15.6. The molecule has 0 saturated heterocycles. The fraction of sp³-hybridized carbons (Fsp3) is 0.450. The van der Waals surface area contributed by atoms with Gasteiger partial charge in [-0.25, -0.2) is 0 Å². The quantitative estimate of drug-likeness (QED) is 0.877. The Hall–Kier alpha value is -1.78. The van der Waals surface area contributed by atoms with Crippen molar-refractivity contribution < 1.29 is 9.53 Å². The first-order chi connectivity index (χ1) is 11.6. The second-order valence-electron chi connectivity index (χ2n) is 6.66. The van der Waals surface area contributed by atoms with E-state index in [4.69, 9.17) is 10.5 Å². The van der Waals surface area contributed by atoms with Crippen LogP contribution in [0.3, 0.4) is 0 Å². The van der Waals surface area contributed by atoms with Crippen LogP contribution in [0.1, 0.15) is 38.2 Å². The van der Waals surface area contributed by atoms with Gasteiger partial charge in [-0.2, -0.15) is 0 Å². The zero-order valence-corrected chi connectivity index (χ0v) is 15.7. The number of amides is 1. The predicted octanol–water partition coefficient (Wildman–Crippen LogP) is 3.89. The second-order valence-corrected chi connectivity index (χ2v) is 6.66. The van der Waals surface area contributed by atoms with Gasteiger partial charge in [0, 0.05) is 11.6 Å². The van der Waals surface area contributed by atoms with Crippen LogP contribution in [0, 0.1) is 0 Å². The van der Waals surface area contributed by atoms with Crippen molar-refractivity contribution in [3.8, 4) is 5.75 Å². The van der Waals surface area contributed by atoms with Gasteiger partial charge in [-0.05, 0) is 36.6 Å². The molecule has 0 radical (unpaired) electrons. The topological polar surface area (TPSA) is 55.6 Å². The van der Waals surface area contributed by atoms with Crippen molar-refractivity contribution in [2.45, 2.75) is 51.2 Å². The number of benzene rings is 2. The fourth-order valence-corrected chi connectivity index (χ4v) is 3.71. The molecule has 1 saturated carbocycles. The summed E-state index contributed by atoms with van der Waals surface area (Å²) in [4.78, 5) is 14.7. The molecule has 0 spiro atoms. The average Bonchev–Trinajstić information content (AvgIpc) is 3.13. The summed E-state index contributed by atoms with van der Waals surface area (Å²) in [5, 5.41) is 2.30. The average molecular weight is 363 g/mol. The van der Waals surface area contributed by atoms with Crippen LogP contribution < -0.4 is 10.5 Å². The smallest absolute Gasteiger partial charge is 0.239 e. The first-order valence-corrected chi connectivity index (χ1v) is 8.72. The zero-order valence-electron chi connectivity index (χ0n) is 14.9. The van der Waals surface area contributed by atoms with Gasteiger partial charge < -0.3 is 15.4 Å². The highest BCUT2D eigenvalue weighted by molar-refractivity contribution is 5.89. The highest BCUT2D eigenvalue weighted by Crippen LogP contribution is 2.32. The summed E-state index contributed by atoms with van der Waals surface area (Å²) in [7, 11) is 1.68. The van der Waals surface area contributed by atoms with Gasteiger partial charge in [-0.3, -0.25) is 4.79 Å². The van der Waals surface area contributed by atoms with Gasteiger partial charge in [0.1, 0.15) is 5.75 Å². The molecule has 136 valence electrons. The molecule has 1 atom stereocenters. The number of nitrogens with two attached hydrogens (primary N) is 1. The van der Waals surface area contributed by atoms with Crippen LogP contribution in [-0.4, -0.2) is 30.0 Å². The second kappa shape index (κ2) is 8.54. The van der Waals surface area contributed by atoms with Crippen molar-refractivity contribution in [2.75, 3.05) is 7.11 Å². The lowest BCUT2D eigenvalue weighted by Crippen LogP contribution is -2.46. The Morgan fingerprint density at radius 1 is 1.24 bits per heavy atom. The highest BCUT2D eigenvalue weighted by Gasteiger charge is 2.29. The molecule has 4 nitrogen and oxygen atoms in total. The molecule has 1 fully saturated rings. The van der Waals surface area contributed by atoms with Gasteiger partial charge in [0.2, 0.25) is 5.91 Å². The number of nitrogens with zero attached hydrogens (tertiary/aromatic N) is 1. The van der Waals surface area contributed by atoms with Crippen molar-refractivity contribution in [3.05, 3.63) is 42.0 Å². The zero-order chi connectivity index (χ0) is 17.1. The van der Waals surface area contributed by atoms with Crippen LogP contribution in [-0.2, 0) is 11.3 Å². The third-order valence-corrected chi connectivity index (χ3v) is 4.98. The minimum atomic E-state index is -0.480. The summed E-state index contributed by atoms with van der Waals surface area (Å²) < 4.78 is 5.59. The van der Waals surface area contributed by atoms with Crippen LogP contribution in [0.2, 0.25) is 0 Å². The Bertz CT molecular complexity index is 727. The Morgan fingerprint density at radius 3 is 2.56 bits per heavy atom. The number of ether oxygens (including phenoxy) is 1. The molecule has 1 aliphatic rings. The van der Waals surface area contributed by atoms with Gasteiger partial charge in [0.15, 0.2) is 0 Å². The maximum absolute atomic E-state index is 12.7. The van der Waals surface area contributed by atoms with Crippen molar-refractivity contribution in [1.29, 1.82) is 0 Å². The minimum absolute atomic E-state index is 0. The lowest BCUT2D eigenvalue weighted by atomic mass is 10.0. The van der Waals surface area contributed by atoms with Gasteiger partial charge >= 0.3 is 0 Å². The van der Waals surface area contributed by atoms with Gasteiger partial charge in [0.25, 0.3) is 0 Å². The molecular weight excluding hydrogens is 336 g/mol. The van der Waals surface area contributed by atoms with Gasteiger partial charge in [-0.15, -0.1) is 12.4 Å². The van der Waals surface area contributed by atoms with Crippen LogP contribution in [0.15, 0.2) is 36.4 Å². The summed E-state index contributed by atoms with van der Waals surface area (Å²) in [6.45, 7) is 2.32. The van der Waals surface area contributed by atoms with Crippen molar-refractivity contribution in [1.82, 2.24) is 4.90 Å². The van der Waals surface area contributed by atoms with Gasteiger partial charge in [0.05, 0.1) is 19.7 Å². The molecule has 0 unspecified atom stereocenters. The standard InChI is InChI=1S/C20H26N2O2.ClH/c1-14(21)20(23)22(16-8-4-5-9-16)13-18-17-10-6-3-7-15(17)11-12-19(18)24-2;/h3,6-7,10-12,14,16H,4-5,8-9,13,21H2,1-2H3;1H/t14-;/m0./s1. The first-order valence-electron chi connectivity index (χ1n) is 8.72. The van der Waals surface area contributed by atoms with Crippen molar-refractivity contribution in [3.63, 3.8) is 0 Å². The van der Waals surface area contributed by atoms with Crippen molar-refractivity contribution in [2.24, 2.45) is 5.73 Å². The Kier molecular flexibility index (Phi) is 6.68. The number of rotatable bonds is 5. The van der Waals surface area contributed by atoms with Crippen LogP contribution in [0.4, 0.5) is 0 Å². The molecule has 2 N–H and O–H groups in total. The number of methoxy groups -OCH3 is 1. The first kappa shape index (κ1) is 19.5. The van der Waals surface area contributed by atoms with E-state index in [9.17, 15) is 4.79 Å². The summed E-state index contributed by atoms with van der Waals surface area (Å²) in [6.07, 6.45) is 4.48. The lowest BCUT2D eigenvalue weighted by molar-refractivity contribution is -0.135. The van der Waals surface area contributed by atoms with Crippen LogP contribution >= 0.6 is 12.4 Å². The van der Waals surface area contributed by atoms with Crippen LogP contribution in [0.5, 0.6) is 5.75 Å². The maximum atomic E-state index is 12.7. The van der Waals surface area contributed by atoms with Crippen molar-refractivity contribution >= 4 is 29.1 Å². The molecule has 0 heterocycles. The van der Waals surface area contributed by atoms with E-state index in [1.807, 2.05) is 23.1 Å². The van der Waals surface area contributed by atoms with E-state index < -0.39 is 6.04 Å². The molecule has 5 heteroatoms. The SMILES string of the molecule is COc1ccc2ccccc2c1CN(C(=O)[C@H](C)N)C1CCCC1.Cl. The molecular formula is C20H27ClN2O2. The third kappa shape index (κ3) is 4.07. The number of hydrogen-bond donors (Lipinski definition) is 1. The maximum Gasteiger partial charge on any atom is 0.239 e. The Labute approximate surface area is 155 Å². The van der Waals surface area contributed by atoms with E-state index in [1.165, 1.54) is 12.8 Å². The largest absolute Gasteiger partial charge is 0.496 e. The molecule has 25 heavy (non-hydrogen) atoms. The van der Waals surface area contributed by atoms with Crippen LogP contribution in [0.25, 0.3) is 10.8 Å². The molecule has 0 bridgehead atoms. The fourth-order valence-electron chi connectivity index (χ4n) is 3.71. The molecule has 1 amide bonds. The number of hydrogen-bond acceptors (Lipinski definition) is 3. The van der Waals surface area contributed by atoms with E-state index in [2.05, 4.69) is 18.2 Å². The van der Waals surface area contributed by atoms with E-state index in [0.29, 0.717) is 6.54 Å². The van der Waals surface area contributed by atoms with Gasteiger partial charge in [-0.1, -0.05) is 43.2 Å². The van der Waals surface area contributed by atoms with E-state index in [0.717, 1.165) is 34.9 Å². The molecule has 3 rings (SSSR count). The third-order valence-electron chi connectivity index (χ3n) is 4.98. The Balaban J connectivity index is 0.00000225. The minimum Gasteiger partial charge on any atom is -0.496 e. The Morgan fingerprint density at radius 2 is 1.92 bits per heavy atom. The summed E-state index contributed by atoms with van der Waals surface area (Å²) in [5.41, 5.74) is 6.99. The molecule has 1 aliphatic carbocycles. The van der Waals surface area contributed by atoms with E-state index in [1.54, 1.807) is 14.0 Å². The summed E-state index contributed by atoms with van der Waals surface area (Å²) >= 11 is 0. The number of carbonyl (C=O) groups excluding carboxylic acids is 1. The summed E-state index contributed by atoms with van der Waals surface area (Å²) in [5.74, 6) is 0.853. The molecule has 0 aromatic heterocycles. The molecule has 2 aromatic carbocycles. The number of fused-ring (bicyclic) bond motifs is 1. The number of halogens is 1. The molecule has 2 aromatic rings.